The monoisotopic (exact) mass is 164 g/mol. The van der Waals surface area contributed by atoms with E-state index in [1.807, 2.05) is 0 Å². The van der Waals surface area contributed by atoms with Crippen LogP contribution in [0.2, 0.25) is 0 Å². The molecule has 0 bridgehead atoms. The summed E-state index contributed by atoms with van der Waals surface area (Å²) in [6.07, 6.45) is -0.224. The molecule has 0 radical (unpaired) electrons. The summed E-state index contributed by atoms with van der Waals surface area (Å²) in [7, 11) is 1.53. The Morgan fingerprint density at radius 2 is 2.00 bits per heavy atom. The van der Waals surface area contributed by atoms with Gasteiger partial charge in [-0.1, -0.05) is 0 Å². The highest BCUT2D eigenvalue weighted by Crippen LogP contribution is 2.01. The van der Waals surface area contributed by atoms with Gasteiger partial charge in [0.15, 0.2) is 6.29 Å². The first-order valence-electron chi connectivity index (χ1n) is 3.64. The van der Waals surface area contributed by atoms with E-state index >= 15 is 0 Å². The van der Waals surface area contributed by atoms with Crippen molar-refractivity contribution in [1.82, 2.24) is 0 Å². The van der Waals surface area contributed by atoms with E-state index in [2.05, 4.69) is 0 Å². The lowest BCUT2D eigenvalue weighted by atomic mass is 10.3. The number of rotatable bonds is 6. The lowest BCUT2D eigenvalue weighted by Crippen LogP contribution is -2.25. The molecule has 2 N–H and O–H groups in total. The van der Waals surface area contributed by atoms with Crippen molar-refractivity contribution < 1.29 is 19.7 Å². The highest BCUT2D eigenvalue weighted by Gasteiger charge is 2.10. The maximum atomic E-state index is 8.71. The minimum Gasteiger partial charge on any atom is -0.396 e. The molecule has 0 rings (SSSR count). The van der Waals surface area contributed by atoms with Crippen molar-refractivity contribution in [1.29, 1.82) is 0 Å². The number of aliphatic hydroxyl groups is 2. The second-order valence-corrected chi connectivity index (χ2v) is 2.26. The number of hydrogen-bond acceptors (Lipinski definition) is 4. The molecule has 0 aromatic carbocycles. The molecule has 0 aliphatic rings. The smallest absolute Gasteiger partial charge is 0.154 e. The molecule has 0 aliphatic heterocycles. The van der Waals surface area contributed by atoms with E-state index < -0.39 is 0 Å². The Labute approximate surface area is 66.7 Å². The molecule has 4 nitrogen and oxygen atoms in total. The standard InChI is InChI=1S/C7H16O4/c1-6(10-2)11-7(5-9)3-4-8/h6-9H,3-5H2,1-2H3. The zero-order chi connectivity index (χ0) is 8.69. The molecule has 0 heterocycles. The van der Waals surface area contributed by atoms with E-state index in [-0.39, 0.29) is 25.6 Å². The van der Waals surface area contributed by atoms with Crippen LogP contribution in [-0.4, -0.2) is 42.9 Å². The van der Waals surface area contributed by atoms with Gasteiger partial charge in [-0.2, -0.15) is 0 Å². The first-order valence-corrected chi connectivity index (χ1v) is 3.64. The minimum atomic E-state index is -0.335. The van der Waals surface area contributed by atoms with Crippen molar-refractivity contribution in [3.05, 3.63) is 0 Å². The van der Waals surface area contributed by atoms with Crippen molar-refractivity contribution in [3.8, 4) is 0 Å². The lowest BCUT2D eigenvalue weighted by molar-refractivity contribution is -0.157. The average Bonchev–Trinajstić information content (AvgIpc) is 2.03. The summed E-state index contributed by atoms with van der Waals surface area (Å²) in [6.45, 7) is 1.66. The molecular weight excluding hydrogens is 148 g/mol. The Morgan fingerprint density at radius 1 is 1.36 bits per heavy atom. The van der Waals surface area contributed by atoms with Crippen LogP contribution >= 0.6 is 0 Å². The zero-order valence-electron chi connectivity index (χ0n) is 6.99. The predicted octanol–water partition coefficient (Wildman–Crippen LogP) is -0.261. The van der Waals surface area contributed by atoms with Gasteiger partial charge in [0.05, 0.1) is 12.7 Å². The number of methoxy groups -OCH3 is 1. The zero-order valence-corrected chi connectivity index (χ0v) is 6.99. The van der Waals surface area contributed by atoms with Gasteiger partial charge in [0.2, 0.25) is 0 Å². The van der Waals surface area contributed by atoms with E-state index in [1.54, 1.807) is 6.92 Å². The Kier molecular flexibility index (Phi) is 6.45. The van der Waals surface area contributed by atoms with Gasteiger partial charge < -0.3 is 19.7 Å². The van der Waals surface area contributed by atoms with Gasteiger partial charge in [-0.15, -0.1) is 0 Å². The molecular formula is C7H16O4. The number of ether oxygens (including phenoxy) is 2. The topological polar surface area (TPSA) is 58.9 Å². The summed E-state index contributed by atoms with van der Waals surface area (Å²) in [5.41, 5.74) is 0. The van der Waals surface area contributed by atoms with Gasteiger partial charge in [0.1, 0.15) is 0 Å². The maximum absolute atomic E-state index is 8.71. The summed E-state index contributed by atoms with van der Waals surface area (Å²) in [4.78, 5) is 0. The summed E-state index contributed by atoms with van der Waals surface area (Å²) in [5.74, 6) is 0. The van der Waals surface area contributed by atoms with Crippen molar-refractivity contribution in [3.63, 3.8) is 0 Å². The molecule has 0 aliphatic carbocycles. The van der Waals surface area contributed by atoms with Crippen LogP contribution < -0.4 is 0 Å². The molecule has 0 saturated heterocycles. The van der Waals surface area contributed by atoms with Crippen LogP contribution in [0.5, 0.6) is 0 Å². The van der Waals surface area contributed by atoms with E-state index in [1.165, 1.54) is 7.11 Å². The molecule has 2 unspecified atom stereocenters. The van der Waals surface area contributed by atoms with Crippen molar-refractivity contribution in [2.24, 2.45) is 0 Å². The average molecular weight is 164 g/mol. The Hall–Kier alpha value is -0.160. The first kappa shape index (κ1) is 10.8. The van der Waals surface area contributed by atoms with Crippen LogP contribution in [0.15, 0.2) is 0 Å². The van der Waals surface area contributed by atoms with Crippen molar-refractivity contribution in [2.45, 2.75) is 25.7 Å². The number of hydrogen-bond donors (Lipinski definition) is 2. The highest BCUT2D eigenvalue weighted by molar-refractivity contribution is 4.54. The van der Waals surface area contributed by atoms with Crippen molar-refractivity contribution in [2.75, 3.05) is 20.3 Å². The van der Waals surface area contributed by atoms with Gasteiger partial charge in [-0.25, -0.2) is 0 Å². The molecule has 2 atom stereocenters. The van der Waals surface area contributed by atoms with Crippen LogP contribution in [0, 0.1) is 0 Å². The van der Waals surface area contributed by atoms with E-state index in [9.17, 15) is 0 Å². The third kappa shape index (κ3) is 5.15. The maximum Gasteiger partial charge on any atom is 0.154 e. The third-order valence-electron chi connectivity index (χ3n) is 1.37. The lowest BCUT2D eigenvalue weighted by Gasteiger charge is -2.18. The fraction of sp³-hybridized carbons (Fsp3) is 1.00. The molecule has 68 valence electrons. The predicted molar refractivity (Wildman–Crippen MR) is 40.1 cm³/mol. The first-order chi connectivity index (χ1) is 5.24. The van der Waals surface area contributed by atoms with Gasteiger partial charge >= 0.3 is 0 Å². The number of aliphatic hydroxyl groups excluding tert-OH is 2. The second kappa shape index (κ2) is 6.54. The summed E-state index contributed by atoms with van der Waals surface area (Å²) in [5, 5.41) is 17.2. The van der Waals surface area contributed by atoms with Crippen LogP contribution in [0.4, 0.5) is 0 Å². The van der Waals surface area contributed by atoms with Crippen LogP contribution in [-0.2, 0) is 9.47 Å². The fourth-order valence-electron chi connectivity index (χ4n) is 0.673. The Balaban J connectivity index is 3.49. The van der Waals surface area contributed by atoms with Crippen molar-refractivity contribution >= 4 is 0 Å². The van der Waals surface area contributed by atoms with Gasteiger partial charge in [-0.05, 0) is 13.3 Å². The van der Waals surface area contributed by atoms with E-state index in [4.69, 9.17) is 19.7 Å². The Bertz CT molecular complexity index is 86.5. The molecule has 0 spiro atoms. The van der Waals surface area contributed by atoms with Gasteiger partial charge in [-0.3, -0.25) is 0 Å². The molecule has 0 fully saturated rings. The van der Waals surface area contributed by atoms with Crippen LogP contribution in [0.3, 0.4) is 0 Å². The molecule has 4 heteroatoms. The molecule has 0 aromatic heterocycles. The SMILES string of the molecule is COC(C)OC(CO)CCO. The largest absolute Gasteiger partial charge is 0.396 e. The molecule has 0 aromatic rings. The van der Waals surface area contributed by atoms with Gasteiger partial charge in [0.25, 0.3) is 0 Å². The molecule has 0 amide bonds. The normalized spacial score (nSPS) is 16.4. The van der Waals surface area contributed by atoms with Gasteiger partial charge in [0, 0.05) is 13.7 Å². The summed E-state index contributed by atoms with van der Waals surface area (Å²) < 4.78 is 9.97. The van der Waals surface area contributed by atoms with E-state index in [0.29, 0.717) is 6.42 Å². The minimum absolute atomic E-state index is 0.0155. The highest BCUT2D eigenvalue weighted by atomic mass is 16.7. The third-order valence-corrected chi connectivity index (χ3v) is 1.37. The summed E-state index contributed by atoms with van der Waals surface area (Å²) >= 11 is 0. The quantitative estimate of drug-likeness (QED) is 0.531. The molecule has 11 heavy (non-hydrogen) atoms. The fourth-order valence-corrected chi connectivity index (χ4v) is 0.673. The second-order valence-electron chi connectivity index (χ2n) is 2.26. The van der Waals surface area contributed by atoms with E-state index in [0.717, 1.165) is 0 Å². The Morgan fingerprint density at radius 3 is 2.36 bits per heavy atom. The van der Waals surface area contributed by atoms with Crippen LogP contribution in [0.1, 0.15) is 13.3 Å². The molecule has 0 saturated carbocycles. The summed E-state index contributed by atoms with van der Waals surface area (Å²) in [6, 6.07) is 0. The van der Waals surface area contributed by atoms with Crippen LogP contribution in [0.25, 0.3) is 0 Å².